The zero-order valence-electron chi connectivity index (χ0n) is 46.1. The van der Waals surface area contributed by atoms with Crippen molar-refractivity contribution >= 4 is 17.9 Å². The number of ether oxygens (including phenoxy) is 3. The summed E-state index contributed by atoms with van der Waals surface area (Å²) in [6.45, 7) is 6.61. The minimum atomic E-state index is -0.774. The van der Waals surface area contributed by atoms with Gasteiger partial charge in [0.2, 0.25) is 0 Å². The molecule has 0 radical (unpaired) electrons. The molecule has 1 atom stereocenters. The van der Waals surface area contributed by atoms with Crippen molar-refractivity contribution in [3.63, 3.8) is 0 Å². The SMILES string of the molecule is CCCCCC/C=C\C/C=C\CCCCCCCCCC(=O)OC(COC(=O)CCCCCCCCCC)COC(=O)CCCCCCCCCCCCCCC/C=C\C/C=C\CCCCCCC. The van der Waals surface area contributed by atoms with Gasteiger partial charge in [-0.25, -0.2) is 0 Å². The van der Waals surface area contributed by atoms with E-state index in [1.807, 2.05) is 0 Å². The minimum absolute atomic E-state index is 0.0739. The van der Waals surface area contributed by atoms with E-state index in [0.29, 0.717) is 19.3 Å². The van der Waals surface area contributed by atoms with Crippen LogP contribution in [0, 0.1) is 0 Å². The molecule has 0 amide bonds. The summed E-state index contributed by atoms with van der Waals surface area (Å²) in [6.07, 6.45) is 71.2. The molecule has 0 aliphatic heterocycles. The lowest BCUT2D eigenvalue weighted by Crippen LogP contribution is -2.30. The molecule has 69 heavy (non-hydrogen) atoms. The van der Waals surface area contributed by atoms with Crippen LogP contribution in [0.25, 0.3) is 0 Å². The zero-order chi connectivity index (χ0) is 50.0. The fourth-order valence-corrected chi connectivity index (χ4v) is 8.74. The second-order valence-corrected chi connectivity index (χ2v) is 20.3. The summed E-state index contributed by atoms with van der Waals surface area (Å²) >= 11 is 0. The van der Waals surface area contributed by atoms with Crippen LogP contribution >= 0.6 is 0 Å². The first-order valence-corrected chi connectivity index (χ1v) is 30.1. The van der Waals surface area contributed by atoms with Crippen LogP contribution in [0.5, 0.6) is 0 Å². The maximum absolute atomic E-state index is 12.8. The molecular formula is C63H114O6. The topological polar surface area (TPSA) is 78.9 Å². The summed E-state index contributed by atoms with van der Waals surface area (Å²) < 4.78 is 16.8. The first-order chi connectivity index (χ1) is 34.0. The van der Waals surface area contributed by atoms with Crippen molar-refractivity contribution < 1.29 is 28.6 Å². The Morgan fingerprint density at radius 2 is 0.522 bits per heavy atom. The average molecular weight is 968 g/mol. The molecule has 0 aromatic heterocycles. The van der Waals surface area contributed by atoms with Gasteiger partial charge in [-0.3, -0.25) is 14.4 Å². The third kappa shape index (κ3) is 56.2. The van der Waals surface area contributed by atoms with Crippen LogP contribution in [-0.4, -0.2) is 37.2 Å². The van der Waals surface area contributed by atoms with Crippen molar-refractivity contribution in [3.8, 4) is 0 Å². The van der Waals surface area contributed by atoms with Gasteiger partial charge in [-0.1, -0.05) is 262 Å². The fraction of sp³-hybridized carbons (Fsp3) is 0.825. The molecule has 1 unspecified atom stereocenters. The summed E-state index contributed by atoms with van der Waals surface area (Å²) in [5, 5.41) is 0. The molecule has 0 spiro atoms. The van der Waals surface area contributed by atoms with Crippen LogP contribution in [0.3, 0.4) is 0 Å². The van der Waals surface area contributed by atoms with E-state index in [9.17, 15) is 14.4 Å². The molecule has 0 rings (SSSR count). The van der Waals surface area contributed by atoms with Crippen molar-refractivity contribution in [1.29, 1.82) is 0 Å². The molecule has 402 valence electrons. The Labute approximate surface area is 428 Å². The lowest BCUT2D eigenvalue weighted by atomic mass is 10.0. The van der Waals surface area contributed by atoms with Crippen LogP contribution in [0.2, 0.25) is 0 Å². The monoisotopic (exact) mass is 967 g/mol. The number of carbonyl (C=O) groups is 3. The fourth-order valence-electron chi connectivity index (χ4n) is 8.74. The van der Waals surface area contributed by atoms with Crippen molar-refractivity contribution in [3.05, 3.63) is 48.6 Å². The van der Waals surface area contributed by atoms with Crippen LogP contribution in [0.1, 0.15) is 316 Å². The molecule has 0 aliphatic carbocycles. The van der Waals surface area contributed by atoms with Crippen LogP contribution in [-0.2, 0) is 28.6 Å². The van der Waals surface area contributed by atoms with Gasteiger partial charge in [0.15, 0.2) is 6.10 Å². The van der Waals surface area contributed by atoms with Gasteiger partial charge in [0.05, 0.1) is 0 Å². The molecule has 0 saturated carbocycles. The number of carbonyl (C=O) groups excluding carboxylic acids is 3. The summed E-state index contributed by atoms with van der Waals surface area (Å²) in [7, 11) is 0. The summed E-state index contributed by atoms with van der Waals surface area (Å²) in [4.78, 5) is 38.0. The third-order valence-electron chi connectivity index (χ3n) is 13.3. The molecule has 0 aromatic rings. The molecule has 0 aliphatic rings. The minimum Gasteiger partial charge on any atom is -0.462 e. The number of esters is 3. The number of rotatable bonds is 55. The molecule has 0 bridgehead atoms. The van der Waals surface area contributed by atoms with Gasteiger partial charge in [0.25, 0.3) is 0 Å². The highest BCUT2D eigenvalue weighted by Gasteiger charge is 2.19. The Hall–Kier alpha value is -2.63. The van der Waals surface area contributed by atoms with Gasteiger partial charge < -0.3 is 14.2 Å². The molecule has 0 saturated heterocycles. The highest BCUT2D eigenvalue weighted by molar-refractivity contribution is 5.71. The van der Waals surface area contributed by atoms with E-state index >= 15 is 0 Å². The largest absolute Gasteiger partial charge is 0.462 e. The highest BCUT2D eigenvalue weighted by Crippen LogP contribution is 2.16. The predicted octanol–water partition coefficient (Wildman–Crippen LogP) is 20.2. The molecule has 0 fully saturated rings. The molecule has 0 aromatic carbocycles. The van der Waals surface area contributed by atoms with Gasteiger partial charge in [-0.05, 0) is 83.5 Å². The Morgan fingerprint density at radius 3 is 0.812 bits per heavy atom. The quantitative estimate of drug-likeness (QED) is 0.0262. The standard InChI is InChI=1S/C63H114O6/c1-4-7-10-13-16-19-21-23-25-27-29-30-31-32-33-34-35-37-38-40-42-44-47-50-53-56-62(65)68-59-60(58-67-61(64)55-52-49-46-18-15-12-9-6-3)69-63(66)57-54-51-48-45-43-41-39-36-28-26-24-22-20-17-14-11-8-5-2/h20-23,26-29,60H,4-19,24-25,30-59H2,1-3H3/b22-20-,23-21-,28-26-,29-27-. The number of allylic oxidation sites excluding steroid dienone is 8. The van der Waals surface area contributed by atoms with E-state index in [-0.39, 0.29) is 31.1 Å². The number of hydrogen-bond acceptors (Lipinski definition) is 6. The van der Waals surface area contributed by atoms with Gasteiger partial charge in [0.1, 0.15) is 13.2 Å². The van der Waals surface area contributed by atoms with Crippen molar-refractivity contribution in [2.24, 2.45) is 0 Å². The zero-order valence-corrected chi connectivity index (χ0v) is 46.1. The van der Waals surface area contributed by atoms with Crippen molar-refractivity contribution in [2.75, 3.05) is 13.2 Å². The molecule has 6 heteroatoms. The van der Waals surface area contributed by atoms with Crippen LogP contribution in [0.15, 0.2) is 48.6 Å². The van der Waals surface area contributed by atoms with E-state index < -0.39 is 6.10 Å². The normalized spacial score (nSPS) is 12.3. The summed E-state index contributed by atoms with van der Waals surface area (Å²) in [5.41, 5.74) is 0. The molecule has 6 nitrogen and oxygen atoms in total. The van der Waals surface area contributed by atoms with Crippen LogP contribution in [0.4, 0.5) is 0 Å². The van der Waals surface area contributed by atoms with E-state index in [1.165, 1.54) is 199 Å². The van der Waals surface area contributed by atoms with E-state index in [1.54, 1.807) is 0 Å². The molecule has 0 N–H and O–H groups in total. The first-order valence-electron chi connectivity index (χ1n) is 30.1. The van der Waals surface area contributed by atoms with Crippen molar-refractivity contribution in [1.82, 2.24) is 0 Å². The second-order valence-electron chi connectivity index (χ2n) is 20.3. The lowest BCUT2D eigenvalue weighted by Gasteiger charge is -2.18. The lowest BCUT2D eigenvalue weighted by molar-refractivity contribution is -0.167. The molecular weight excluding hydrogens is 853 g/mol. The van der Waals surface area contributed by atoms with E-state index in [0.717, 1.165) is 77.0 Å². The Bertz CT molecular complexity index is 1200. The van der Waals surface area contributed by atoms with Crippen molar-refractivity contribution in [2.45, 2.75) is 322 Å². The summed E-state index contributed by atoms with van der Waals surface area (Å²) in [6, 6.07) is 0. The summed E-state index contributed by atoms with van der Waals surface area (Å²) in [5.74, 6) is -0.873. The van der Waals surface area contributed by atoms with Gasteiger partial charge in [-0.15, -0.1) is 0 Å². The maximum Gasteiger partial charge on any atom is 0.306 e. The Morgan fingerprint density at radius 1 is 0.290 bits per heavy atom. The maximum atomic E-state index is 12.8. The smallest absolute Gasteiger partial charge is 0.306 e. The van der Waals surface area contributed by atoms with Gasteiger partial charge in [-0.2, -0.15) is 0 Å². The van der Waals surface area contributed by atoms with Gasteiger partial charge in [0, 0.05) is 19.3 Å². The number of unbranched alkanes of at least 4 members (excludes halogenated alkanes) is 36. The predicted molar refractivity (Wildman–Crippen MR) is 298 cm³/mol. The first kappa shape index (κ1) is 66.4. The highest BCUT2D eigenvalue weighted by atomic mass is 16.6. The van der Waals surface area contributed by atoms with Crippen LogP contribution < -0.4 is 0 Å². The van der Waals surface area contributed by atoms with E-state index in [2.05, 4.69) is 69.4 Å². The second kappa shape index (κ2) is 57.9. The molecule has 0 heterocycles. The Kier molecular flexibility index (Phi) is 55.7. The average Bonchev–Trinajstić information content (AvgIpc) is 3.35. The third-order valence-corrected chi connectivity index (χ3v) is 13.3. The number of hydrogen-bond donors (Lipinski definition) is 0. The Balaban J connectivity index is 4.17. The van der Waals surface area contributed by atoms with E-state index in [4.69, 9.17) is 14.2 Å². The van der Waals surface area contributed by atoms with Gasteiger partial charge >= 0.3 is 17.9 Å².